The second kappa shape index (κ2) is 8.92. The minimum absolute atomic E-state index is 0.0175. The number of sulfonamides is 1. The van der Waals surface area contributed by atoms with Crippen LogP contribution in [-0.4, -0.2) is 46.3 Å². The van der Waals surface area contributed by atoms with Crippen molar-refractivity contribution in [1.29, 1.82) is 0 Å². The molecule has 0 saturated heterocycles. The summed E-state index contributed by atoms with van der Waals surface area (Å²) in [5, 5.41) is 2.80. The molecule has 0 bridgehead atoms. The lowest BCUT2D eigenvalue weighted by Crippen LogP contribution is -2.43. The van der Waals surface area contributed by atoms with Crippen molar-refractivity contribution in [2.24, 2.45) is 0 Å². The molecule has 1 N–H and O–H groups in total. The topological polar surface area (TPSA) is 69.7 Å². The van der Waals surface area contributed by atoms with Gasteiger partial charge in [0.05, 0.1) is 11.9 Å². The van der Waals surface area contributed by atoms with E-state index in [9.17, 15) is 13.2 Å². The SMILES string of the molecule is CCC(C)NC(=O)CN(c1ccc(N(CC)CC)cc1)S(C)(=O)=O. The smallest absolute Gasteiger partial charge is 0.240 e. The lowest BCUT2D eigenvalue weighted by Gasteiger charge is -2.25. The minimum atomic E-state index is -3.54. The van der Waals surface area contributed by atoms with Gasteiger partial charge in [-0.2, -0.15) is 0 Å². The second-order valence-corrected chi connectivity index (χ2v) is 7.74. The van der Waals surface area contributed by atoms with Gasteiger partial charge in [0.25, 0.3) is 0 Å². The van der Waals surface area contributed by atoms with Crippen molar-refractivity contribution in [3.8, 4) is 0 Å². The average Bonchev–Trinajstić information content (AvgIpc) is 2.53. The van der Waals surface area contributed by atoms with E-state index >= 15 is 0 Å². The monoisotopic (exact) mass is 355 g/mol. The maximum absolute atomic E-state index is 12.1. The Morgan fingerprint density at radius 2 is 1.58 bits per heavy atom. The van der Waals surface area contributed by atoms with Crippen molar-refractivity contribution in [2.45, 2.75) is 40.2 Å². The fourth-order valence-corrected chi connectivity index (χ4v) is 3.23. The summed E-state index contributed by atoms with van der Waals surface area (Å²) < 4.78 is 25.3. The van der Waals surface area contributed by atoms with Gasteiger partial charge >= 0.3 is 0 Å². The van der Waals surface area contributed by atoms with E-state index in [2.05, 4.69) is 24.1 Å². The van der Waals surface area contributed by atoms with Crippen molar-refractivity contribution < 1.29 is 13.2 Å². The number of carbonyl (C=O) groups is 1. The zero-order chi connectivity index (χ0) is 18.3. The third kappa shape index (κ3) is 5.70. The molecule has 0 saturated carbocycles. The Hall–Kier alpha value is -1.76. The molecule has 0 aliphatic heterocycles. The van der Waals surface area contributed by atoms with Crippen molar-refractivity contribution >= 4 is 27.3 Å². The number of carbonyl (C=O) groups excluding carboxylic acids is 1. The molecule has 0 fully saturated rings. The van der Waals surface area contributed by atoms with E-state index in [0.29, 0.717) is 5.69 Å². The number of rotatable bonds is 9. The van der Waals surface area contributed by atoms with Crippen LogP contribution >= 0.6 is 0 Å². The van der Waals surface area contributed by atoms with Crippen LogP contribution in [0.25, 0.3) is 0 Å². The molecule has 7 heteroatoms. The molecule has 1 aromatic rings. The number of anilines is 2. The van der Waals surface area contributed by atoms with Gasteiger partial charge in [0.15, 0.2) is 0 Å². The van der Waals surface area contributed by atoms with Gasteiger partial charge in [-0.05, 0) is 51.5 Å². The maximum atomic E-state index is 12.1. The average molecular weight is 356 g/mol. The molecule has 1 atom stereocenters. The van der Waals surface area contributed by atoms with Crippen LogP contribution in [0.1, 0.15) is 34.1 Å². The van der Waals surface area contributed by atoms with Gasteiger partial charge < -0.3 is 10.2 Å². The Morgan fingerprint density at radius 3 is 2.00 bits per heavy atom. The Bertz CT molecular complexity index is 625. The molecule has 6 nitrogen and oxygen atoms in total. The van der Waals surface area contributed by atoms with Crippen LogP contribution in [0.4, 0.5) is 11.4 Å². The summed E-state index contributed by atoms with van der Waals surface area (Å²) in [6.07, 6.45) is 1.91. The Kier molecular flexibility index (Phi) is 7.54. The van der Waals surface area contributed by atoms with Crippen LogP contribution in [0.2, 0.25) is 0 Å². The first-order chi connectivity index (χ1) is 11.2. The number of hydrogen-bond donors (Lipinski definition) is 1. The van der Waals surface area contributed by atoms with E-state index in [1.807, 2.05) is 26.0 Å². The van der Waals surface area contributed by atoms with E-state index in [1.165, 1.54) is 0 Å². The molecule has 0 heterocycles. The predicted molar refractivity (Wildman–Crippen MR) is 100 cm³/mol. The number of benzene rings is 1. The van der Waals surface area contributed by atoms with Crippen molar-refractivity contribution in [2.75, 3.05) is 35.1 Å². The first-order valence-electron chi connectivity index (χ1n) is 8.34. The summed E-state index contributed by atoms with van der Waals surface area (Å²) in [5.74, 6) is -0.303. The quantitative estimate of drug-likeness (QED) is 0.737. The first-order valence-corrected chi connectivity index (χ1v) is 10.2. The Labute approximate surface area is 145 Å². The van der Waals surface area contributed by atoms with E-state index in [0.717, 1.165) is 35.8 Å². The van der Waals surface area contributed by atoms with E-state index in [1.54, 1.807) is 12.1 Å². The lowest BCUT2D eigenvalue weighted by molar-refractivity contribution is -0.120. The number of hydrogen-bond acceptors (Lipinski definition) is 4. The highest BCUT2D eigenvalue weighted by Crippen LogP contribution is 2.22. The van der Waals surface area contributed by atoms with Gasteiger partial charge in [0, 0.05) is 24.8 Å². The first kappa shape index (κ1) is 20.3. The third-order valence-electron chi connectivity index (χ3n) is 3.97. The summed E-state index contributed by atoms with van der Waals surface area (Å²) in [7, 11) is -3.54. The van der Waals surface area contributed by atoms with Crippen LogP contribution in [0.15, 0.2) is 24.3 Å². The van der Waals surface area contributed by atoms with Gasteiger partial charge in [-0.15, -0.1) is 0 Å². The third-order valence-corrected chi connectivity index (χ3v) is 5.11. The van der Waals surface area contributed by atoms with Crippen LogP contribution in [0, 0.1) is 0 Å². The van der Waals surface area contributed by atoms with E-state index < -0.39 is 10.0 Å². The number of nitrogens with one attached hydrogen (secondary N) is 1. The summed E-state index contributed by atoms with van der Waals surface area (Å²) in [4.78, 5) is 14.3. The van der Waals surface area contributed by atoms with Gasteiger partial charge in [-0.3, -0.25) is 9.10 Å². The predicted octanol–water partition coefficient (Wildman–Crippen LogP) is 2.21. The molecule has 0 spiro atoms. The fraction of sp³-hybridized carbons (Fsp3) is 0.588. The summed E-state index contributed by atoms with van der Waals surface area (Å²) >= 11 is 0. The molecular weight excluding hydrogens is 326 g/mol. The fourth-order valence-electron chi connectivity index (χ4n) is 2.37. The Morgan fingerprint density at radius 1 is 1.08 bits per heavy atom. The molecule has 0 aliphatic carbocycles. The molecular formula is C17H29N3O3S. The molecule has 0 aliphatic rings. The van der Waals surface area contributed by atoms with Crippen molar-refractivity contribution in [3.63, 3.8) is 0 Å². The van der Waals surface area contributed by atoms with Crippen molar-refractivity contribution in [3.05, 3.63) is 24.3 Å². The van der Waals surface area contributed by atoms with Crippen LogP contribution in [0.5, 0.6) is 0 Å². The molecule has 24 heavy (non-hydrogen) atoms. The Balaban J connectivity index is 2.99. The van der Waals surface area contributed by atoms with Gasteiger partial charge in [-0.1, -0.05) is 6.92 Å². The standard InChI is InChI=1S/C17H29N3O3S/c1-6-14(4)18-17(21)13-20(24(5,22)23)16-11-9-15(10-12-16)19(7-2)8-3/h9-12,14H,6-8,13H2,1-5H3,(H,18,21). The lowest BCUT2D eigenvalue weighted by atomic mass is 10.2. The van der Waals surface area contributed by atoms with E-state index in [-0.39, 0.29) is 18.5 Å². The highest BCUT2D eigenvalue weighted by Gasteiger charge is 2.21. The summed E-state index contributed by atoms with van der Waals surface area (Å²) in [6, 6.07) is 7.26. The molecule has 0 aromatic heterocycles. The van der Waals surface area contributed by atoms with Gasteiger partial charge in [0.2, 0.25) is 15.9 Å². The van der Waals surface area contributed by atoms with Crippen LogP contribution < -0.4 is 14.5 Å². The summed E-state index contributed by atoms with van der Waals surface area (Å²) in [6.45, 7) is 9.53. The normalized spacial score (nSPS) is 12.5. The number of amides is 1. The van der Waals surface area contributed by atoms with Gasteiger partial charge in [0.1, 0.15) is 6.54 Å². The zero-order valence-electron chi connectivity index (χ0n) is 15.2. The van der Waals surface area contributed by atoms with E-state index in [4.69, 9.17) is 0 Å². The minimum Gasteiger partial charge on any atom is -0.372 e. The van der Waals surface area contributed by atoms with Crippen LogP contribution in [-0.2, 0) is 14.8 Å². The molecule has 1 unspecified atom stereocenters. The molecule has 1 amide bonds. The zero-order valence-corrected chi connectivity index (χ0v) is 16.1. The summed E-state index contributed by atoms with van der Waals surface area (Å²) in [5.41, 5.74) is 1.52. The second-order valence-electron chi connectivity index (χ2n) is 5.84. The highest BCUT2D eigenvalue weighted by molar-refractivity contribution is 7.92. The highest BCUT2D eigenvalue weighted by atomic mass is 32.2. The maximum Gasteiger partial charge on any atom is 0.240 e. The molecule has 0 radical (unpaired) electrons. The van der Waals surface area contributed by atoms with Crippen molar-refractivity contribution in [1.82, 2.24) is 5.32 Å². The van der Waals surface area contributed by atoms with Crippen LogP contribution in [0.3, 0.4) is 0 Å². The molecule has 1 rings (SSSR count). The largest absolute Gasteiger partial charge is 0.372 e. The molecule has 136 valence electrons. The molecule has 1 aromatic carbocycles. The number of nitrogens with zero attached hydrogens (tertiary/aromatic N) is 2. The van der Waals surface area contributed by atoms with Gasteiger partial charge in [-0.25, -0.2) is 8.42 Å².